The zero-order valence-corrected chi connectivity index (χ0v) is 13.3. The van der Waals surface area contributed by atoms with E-state index in [9.17, 15) is 8.42 Å². The number of sulfone groups is 1. The molecule has 1 unspecified atom stereocenters. The Balaban J connectivity index is 2.64. The number of hydrogen-bond acceptors (Lipinski definition) is 4. The summed E-state index contributed by atoms with van der Waals surface area (Å²) < 4.78 is 24.3. The first-order valence-corrected chi connectivity index (χ1v) is 8.28. The number of hydrogen-bond donors (Lipinski definition) is 1. The molecule has 0 aliphatic rings. The zero-order valence-electron chi connectivity index (χ0n) is 12.5. The maximum absolute atomic E-state index is 12.1. The fraction of sp³-hybridized carbons (Fsp3) is 0.533. The Hall–Kier alpha value is -1.38. The lowest BCUT2D eigenvalue weighted by Crippen LogP contribution is -2.39. The zero-order chi connectivity index (χ0) is 15.4. The fourth-order valence-corrected chi connectivity index (χ4v) is 2.74. The lowest BCUT2D eigenvalue weighted by Gasteiger charge is -2.28. The first kappa shape index (κ1) is 16.7. The molecule has 1 N–H and O–H groups in total. The van der Waals surface area contributed by atoms with Crippen LogP contribution in [0.3, 0.4) is 0 Å². The van der Waals surface area contributed by atoms with Gasteiger partial charge in [0.2, 0.25) is 0 Å². The third-order valence-electron chi connectivity index (χ3n) is 3.46. The van der Waals surface area contributed by atoms with Gasteiger partial charge in [-0.2, -0.15) is 5.26 Å². The van der Waals surface area contributed by atoms with E-state index in [1.165, 1.54) is 24.3 Å². The van der Waals surface area contributed by atoms with Crippen molar-refractivity contribution < 1.29 is 8.42 Å². The lowest BCUT2D eigenvalue weighted by atomic mass is 9.88. The molecule has 0 fully saturated rings. The Morgan fingerprint density at radius 1 is 1.25 bits per heavy atom. The summed E-state index contributed by atoms with van der Waals surface area (Å²) in [6, 6.07) is 8.23. The summed E-state index contributed by atoms with van der Waals surface area (Å²) >= 11 is 0. The van der Waals surface area contributed by atoms with Crippen molar-refractivity contribution >= 4 is 9.84 Å². The van der Waals surface area contributed by atoms with Crippen LogP contribution in [0, 0.1) is 16.7 Å². The van der Waals surface area contributed by atoms with Crippen LogP contribution in [0.25, 0.3) is 0 Å². The fourth-order valence-electron chi connectivity index (χ4n) is 1.57. The van der Waals surface area contributed by atoms with Gasteiger partial charge in [-0.3, -0.25) is 0 Å². The summed E-state index contributed by atoms with van der Waals surface area (Å²) in [7, 11) is -3.30. The van der Waals surface area contributed by atoms with Crippen LogP contribution >= 0.6 is 0 Å². The number of nitrogens with zero attached hydrogens (tertiary/aromatic N) is 1. The van der Waals surface area contributed by atoms with Gasteiger partial charge < -0.3 is 5.32 Å². The highest BCUT2D eigenvalue weighted by Gasteiger charge is 2.20. The predicted octanol–water partition coefficient (Wildman–Crippen LogP) is 2.36. The van der Waals surface area contributed by atoms with Gasteiger partial charge >= 0.3 is 0 Å². The van der Waals surface area contributed by atoms with Crippen LogP contribution in [0.1, 0.15) is 33.3 Å². The first-order valence-electron chi connectivity index (χ1n) is 6.63. The van der Waals surface area contributed by atoms with Gasteiger partial charge in [-0.25, -0.2) is 8.42 Å². The molecule has 0 saturated carbocycles. The molecule has 4 nitrogen and oxygen atoms in total. The quantitative estimate of drug-likeness (QED) is 0.905. The van der Waals surface area contributed by atoms with Gasteiger partial charge in [0, 0.05) is 12.6 Å². The van der Waals surface area contributed by atoms with Crippen molar-refractivity contribution in [2.75, 3.05) is 12.3 Å². The van der Waals surface area contributed by atoms with Crippen molar-refractivity contribution in [2.45, 2.75) is 38.6 Å². The van der Waals surface area contributed by atoms with E-state index in [0.29, 0.717) is 12.1 Å². The van der Waals surface area contributed by atoms with E-state index in [0.717, 1.165) is 0 Å². The molecule has 0 aliphatic carbocycles. The standard InChI is InChI=1S/C15H22N2O2S/c1-12(15(2,3)4)17-9-10-20(18,19)14-7-5-13(11-16)6-8-14/h5-8,12,17H,9-10H2,1-4H3. The van der Waals surface area contributed by atoms with Crippen LogP contribution in [0.15, 0.2) is 29.2 Å². The summed E-state index contributed by atoms with van der Waals surface area (Å²) in [5.74, 6) is 0.0549. The molecule has 0 spiro atoms. The average molecular weight is 294 g/mol. The van der Waals surface area contributed by atoms with E-state index >= 15 is 0 Å². The second-order valence-corrected chi connectivity index (χ2v) is 8.11. The summed E-state index contributed by atoms with van der Waals surface area (Å²) in [6.07, 6.45) is 0. The summed E-state index contributed by atoms with van der Waals surface area (Å²) in [5.41, 5.74) is 0.557. The van der Waals surface area contributed by atoms with E-state index in [1.807, 2.05) is 13.0 Å². The Bertz CT molecular complexity index is 578. The van der Waals surface area contributed by atoms with Crippen LogP contribution in [0.2, 0.25) is 0 Å². The SMILES string of the molecule is CC(NCCS(=O)(=O)c1ccc(C#N)cc1)C(C)(C)C. The van der Waals surface area contributed by atoms with Crippen molar-refractivity contribution in [3.63, 3.8) is 0 Å². The van der Waals surface area contributed by atoms with Crippen molar-refractivity contribution in [2.24, 2.45) is 5.41 Å². The van der Waals surface area contributed by atoms with Crippen LogP contribution in [0.4, 0.5) is 0 Å². The number of nitrogens with one attached hydrogen (secondary N) is 1. The molecule has 1 aromatic rings. The number of rotatable bonds is 5. The van der Waals surface area contributed by atoms with Gasteiger partial charge in [0.15, 0.2) is 9.84 Å². The highest BCUT2D eigenvalue weighted by Crippen LogP contribution is 2.18. The van der Waals surface area contributed by atoms with E-state index in [-0.39, 0.29) is 22.1 Å². The van der Waals surface area contributed by atoms with Gasteiger partial charge in [0.25, 0.3) is 0 Å². The molecule has 0 aromatic heterocycles. The third-order valence-corrected chi connectivity index (χ3v) is 5.19. The number of nitriles is 1. The molecule has 0 aliphatic heterocycles. The lowest BCUT2D eigenvalue weighted by molar-refractivity contribution is 0.291. The minimum atomic E-state index is -3.30. The third kappa shape index (κ3) is 4.62. The largest absolute Gasteiger partial charge is 0.313 e. The monoisotopic (exact) mass is 294 g/mol. The predicted molar refractivity (Wildman–Crippen MR) is 80.1 cm³/mol. The molecule has 5 heteroatoms. The van der Waals surface area contributed by atoms with E-state index in [2.05, 4.69) is 26.1 Å². The Morgan fingerprint density at radius 3 is 2.25 bits per heavy atom. The van der Waals surface area contributed by atoms with Crippen LogP contribution in [-0.4, -0.2) is 26.8 Å². The second-order valence-electron chi connectivity index (χ2n) is 6.00. The van der Waals surface area contributed by atoms with Crippen LogP contribution in [0.5, 0.6) is 0 Å². The minimum Gasteiger partial charge on any atom is -0.313 e. The Labute approximate surface area is 121 Å². The molecule has 0 amide bonds. The van der Waals surface area contributed by atoms with E-state index < -0.39 is 9.84 Å². The van der Waals surface area contributed by atoms with Crippen molar-refractivity contribution in [3.05, 3.63) is 29.8 Å². The maximum Gasteiger partial charge on any atom is 0.179 e. The molecule has 1 atom stereocenters. The van der Waals surface area contributed by atoms with E-state index in [1.54, 1.807) is 0 Å². The maximum atomic E-state index is 12.1. The Kier molecular flexibility index (Phi) is 5.32. The van der Waals surface area contributed by atoms with Gasteiger partial charge in [-0.1, -0.05) is 20.8 Å². The smallest absolute Gasteiger partial charge is 0.179 e. The molecule has 0 bridgehead atoms. The van der Waals surface area contributed by atoms with Crippen LogP contribution in [-0.2, 0) is 9.84 Å². The topological polar surface area (TPSA) is 70.0 Å². The molecule has 1 aromatic carbocycles. The minimum absolute atomic E-state index is 0.0549. The van der Waals surface area contributed by atoms with Crippen molar-refractivity contribution in [1.82, 2.24) is 5.32 Å². The number of benzene rings is 1. The molecule has 1 rings (SSSR count). The highest BCUT2D eigenvalue weighted by atomic mass is 32.2. The second kappa shape index (κ2) is 6.38. The van der Waals surface area contributed by atoms with Crippen molar-refractivity contribution in [3.8, 4) is 6.07 Å². The molecular weight excluding hydrogens is 272 g/mol. The molecule has 0 saturated heterocycles. The van der Waals surface area contributed by atoms with Crippen LogP contribution < -0.4 is 5.32 Å². The van der Waals surface area contributed by atoms with Gasteiger partial charge in [-0.05, 0) is 36.6 Å². The Morgan fingerprint density at radius 2 is 1.80 bits per heavy atom. The summed E-state index contributed by atoms with van der Waals surface area (Å²) in [5, 5.41) is 11.9. The molecule has 0 heterocycles. The highest BCUT2D eigenvalue weighted by molar-refractivity contribution is 7.91. The summed E-state index contributed by atoms with van der Waals surface area (Å²) in [6.45, 7) is 8.80. The molecular formula is C15H22N2O2S. The molecule has 0 radical (unpaired) electrons. The normalized spacial score (nSPS) is 13.8. The van der Waals surface area contributed by atoms with Gasteiger partial charge in [0.1, 0.15) is 0 Å². The van der Waals surface area contributed by atoms with Gasteiger partial charge in [-0.15, -0.1) is 0 Å². The average Bonchev–Trinajstić information content (AvgIpc) is 2.37. The van der Waals surface area contributed by atoms with Crippen molar-refractivity contribution in [1.29, 1.82) is 5.26 Å². The molecule has 20 heavy (non-hydrogen) atoms. The molecule has 110 valence electrons. The van der Waals surface area contributed by atoms with Gasteiger partial charge in [0.05, 0.1) is 22.3 Å². The first-order chi connectivity index (χ1) is 9.16. The van der Waals surface area contributed by atoms with E-state index in [4.69, 9.17) is 5.26 Å². The summed E-state index contributed by atoms with van der Waals surface area (Å²) in [4.78, 5) is 0.265.